The van der Waals surface area contributed by atoms with Gasteiger partial charge in [-0.25, -0.2) is 0 Å². The van der Waals surface area contributed by atoms with Gasteiger partial charge in [0, 0.05) is 12.5 Å². The zero-order valence-electron chi connectivity index (χ0n) is 13.3. The Bertz CT molecular complexity index is 431. The zero-order valence-corrected chi connectivity index (χ0v) is 13.3. The predicted octanol–water partition coefficient (Wildman–Crippen LogP) is 2.55. The minimum atomic E-state index is 0.280. The molecule has 1 N–H and O–H groups in total. The van der Waals surface area contributed by atoms with E-state index in [4.69, 9.17) is 4.52 Å². The molecule has 3 heterocycles. The number of piperidine rings is 2. The first-order valence-corrected chi connectivity index (χ1v) is 8.52. The second-order valence-electron chi connectivity index (χ2n) is 6.83. The fourth-order valence-corrected chi connectivity index (χ4v) is 3.49. The third-order valence-electron chi connectivity index (χ3n) is 4.94. The van der Waals surface area contributed by atoms with Crippen LogP contribution in [0.4, 0.5) is 0 Å². The lowest BCUT2D eigenvalue weighted by Crippen LogP contribution is -2.38. The highest BCUT2D eigenvalue weighted by Crippen LogP contribution is 2.24. The Morgan fingerprint density at radius 1 is 1.24 bits per heavy atom. The molecule has 3 rings (SSSR count). The summed E-state index contributed by atoms with van der Waals surface area (Å²) in [5, 5.41) is 7.67. The summed E-state index contributed by atoms with van der Waals surface area (Å²) in [5.41, 5.74) is 0. The van der Waals surface area contributed by atoms with Gasteiger partial charge in [0.25, 0.3) is 0 Å². The van der Waals surface area contributed by atoms with Crippen molar-refractivity contribution in [1.82, 2.24) is 20.4 Å². The molecule has 2 fully saturated rings. The molecule has 2 aliphatic rings. The number of likely N-dealkylation sites (tertiary alicyclic amines) is 1. The van der Waals surface area contributed by atoms with Crippen molar-refractivity contribution in [2.45, 2.75) is 64.5 Å². The van der Waals surface area contributed by atoms with Crippen LogP contribution >= 0.6 is 0 Å². The Morgan fingerprint density at radius 2 is 2.05 bits per heavy atom. The van der Waals surface area contributed by atoms with Gasteiger partial charge >= 0.3 is 0 Å². The van der Waals surface area contributed by atoms with Crippen LogP contribution in [0.15, 0.2) is 4.52 Å². The van der Waals surface area contributed by atoms with Gasteiger partial charge in [0.2, 0.25) is 5.89 Å². The molecule has 1 unspecified atom stereocenters. The summed E-state index contributed by atoms with van der Waals surface area (Å²) < 4.78 is 5.47. The van der Waals surface area contributed by atoms with Gasteiger partial charge < -0.3 is 14.7 Å². The average Bonchev–Trinajstić information content (AvgIpc) is 2.97. The van der Waals surface area contributed by atoms with Crippen LogP contribution in [0, 0.1) is 5.92 Å². The summed E-state index contributed by atoms with van der Waals surface area (Å²) in [6.07, 6.45) is 7.11. The molecule has 0 aliphatic carbocycles. The number of nitrogens with zero attached hydrogens (tertiary/aromatic N) is 3. The molecule has 0 saturated carbocycles. The lowest BCUT2D eigenvalue weighted by molar-refractivity contribution is 0.148. The molecule has 21 heavy (non-hydrogen) atoms. The largest absolute Gasteiger partial charge is 0.338 e. The minimum absolute atomic E-state index is 0.280. The van der Waals surface area contributed by atoms with E-state index in [0.29, 0.717) is 12.0 Å². The SMILES string of the molecule is CC(C)N1CCC(Cc2noc(C3CCCCN3)n2)CC1. The van der Waals surface area contributed by atoms with Crippen LogP contribution in [0.5, 0.6) is 0 Å². The number of rotatable bonds is 4. The molecule has 2 saturated heterocycles. The zero-order chi connectivity index (χ0) is 14.7. The predicted molar refractivity (Wildman–Crippen MR) is 82.0 cm³/mol. The highest BCUT2D eigenvalue weighted by Gasteiger charge is 2.24. The highest BCUT2D eigenvalue weighted by molar-refractivity contribution is 4.96. The van der Waals surface area contributed by atoms with Crippen LogP contribution in [0.2, 0.25) is 0 Å². The summed E-state index contributed by atoms with van der Waals surface area (Å²) in [7, 11) is 0. The summed E-state index contributed by atoms with van der Waals surface area (Å²) in [4.78, 5) is 7.19. The standard InChI is InChI=1S/C16H28N4O/c1-12(2)20-9-6-13(7-10-20)11-15-18-16(21-19-15)14-5-3-4-8-17-14/h12-14,17H,3-11H2,1-2H3. The highest BCUT2D eigenvalue weighted by atomic mass is 16.5. The van der Waals surface area contributed by atoms with E-state index in [2.05, 4.69) is 34.2 Å². The quantitative estimate of drug-likeness (QED) is 0.924. The molecule has 0 aromatic carbocycles. The first-order chi connectivity index (χ1) is 10.2. The topological polar surface area (TPSA) is 54.2 Å². The van der Waals surface area contributed by atoms with E-state index in [1.54, 1.807) is 0 Å². The van der Waals surface area contributed by atoms with Gasteiger partial charge in [-0.15, -0.1) is 0 Å². The number of hydrogen-bond acceptors (Lipinski definition) is 5. The maximum absolute atomic E-state index is 5.47. The molecule has 118 valence electrons. The maximum atomic E-state index is 5.47. The molecule has 0 spiro atoms. The van der Waals surface area contributed by atoms with E-state index in [9.17, 15) is 0 Å². The maximum Gasteiger partial charge on any atom is 0.243 e. The third kappa shape index (κ3) is 3.83. The molecule has 1 aromatic heterocycles. The van der Waals surface area contributed by atoms with Crippen LogP contribution in [-0.4, -0.2) is 40.7 Å². The van der Waals surface area contributed by atoms with Crippen LogP contribution < -0.4 is 5.32 Å². The van der Waals surface area contributed by atoms with E-state index in [0.717, 1.165) is 31.1 Å². The molecule has 0 radical (unpaired) electrons. The van der Waals surface area contributed by atoms with Gasteiger partial charge in [-0.1, -0.05) is 11.6 Å². The summed E-state index contributed by atoms with van der Waals surface area (Å²) in [6, 6.07) is 0.947. The molecule has 1 atom stereocenters. The Hall–Kier alpha value is -0.940. The lowest BCUT2D eigenvalue weighted by Gasteiger charge is -2.34. The van der Waals surface area contributed by atoms with Gasteiger partial charge in [0.15, 0.2) is 5.82 Å². The smallest absolute Gasteiger partial charge is 0.243 e. The van der Waals surface area contributed by atoms with Crippen molar-refractivity contribution in [1.29, 1.82) is 0 Å². The summed E-state index contributed by atoms with van der Waals surface area (Å²) in [5.74, 6) is 2.41. The van der Waals surface area contributed by atoms with Crippen molar-refractivity contribution in [2.75, 3.05) is 19.6 Å². The van der Waals surface area contributed by atoms with E-state index < -0.39 is 0 Å². The second-order valence-corrected chi connectivity index (χ2v) is 6.83. The van der Waals surface area contributed by atoms with E-state index >= 15 is 0 Å². The molecular formula is C16H28N4O. The minimum Gasteiger partial charge on any atom is -0.338 e. The van der Waals surface area contributed by atoms with Crippen LogP contribution in [0.1, 0.15) is 63.7 Å². The normalized spacial score (nSPS) is 25.6. The van der Waals surface area contributed by atoms with Crippen molar-refractivity contribution in [3.05, 3.63) is 11.7 Å². The van der Waals surface area contributed by atoms with Crippen LogP contribution in [-0.2, 0) is 6.42 Å². The summed E-state index contributed by atoms with van der Waals surface area (Å²) >= 11 is 0. The van der Waals surface area contributed by atoms with Gasteiger partial charge in [-0.3, -0.25) is 0 Å². The Balaban J connectivity index is 1.51. The molecule has 5 heteroatoms. The van der Waals surface area contributed by atoms with Crippen molar-refractivity contribution in [3.8, 4) is 0 Å². The van der Waals surface area contributed by atoms with Gasteiger partial charge in [0.1, 0.15) is 0 Å². The van der Waals surface area contributed by atoms with Gasteiger partial charge in [0.05, 0.1) is 6.04 Å². The Labute approximate surface area is 127 Å². The first kappa shape index (κ1) is 15.0. The Kier molecular flexibility index (Phi) is 4.91. The van der Waals surface area contributed by atoms with Crippen molar-refractivity contribution in [2.24, 2.45) is 5.92 Å². The summed E-state index contributed by atoms with van der Waals surface area (Å²) in [6.45, 7) is 8.04. The van der Waals surface area contributed by atoms with Gasteiger partial charge in [-0.05, 0) is 65.1 Å². The molecule has 1 aromatic rings. The number of hydrogen-bond donors (Lipinski definition) is 1. The second kappa shape index (κ2) is 6.88. The Morgan fingerprint density at radius 3 is 2.71 bits per heavy atom. The fourth-order valence-electron chi connectivity index (χ4n) is 3.49. The van der Waals surface area contributed by atoms with E-state index in [-0.39, 0.29) is 6.04 Å². The molecule has 2 aliphatic heterocycles. The van der Waals surface area contributed by atoms with Crippen molar-refractivity contribution in [3.63, 3.8) is 0 Å². The molecule has 5 nitrogen and oxygen atoms in total. The third-order valence-corrected chi connectivity index (χ3v) is 4.94. The molecular weight excluding hydrogens is 264 g/mol. The number of aromatic nitrogens is 2. The first-order valence-electron chi connectivity index (χ1n) is 8.52. The lowest BCUT2D eigenvalue weighted by atomic mass is 9.92. The monoisotopic (exact) mass is 292 g/mol. The average molecular weight is 292 g/mol. The van der Waals surface area contributed by atoms with Crippen molar-refractivity contribution >= 4 is 0 Å². The van der Waals surface area contributed by atoms with E-state index in [1.807, 2.05) is 0 Å². The van der Waals surface area contributed by atoms with Crippen LogP contribution in [0.25, 0.3) is 0 Å². The fraction of sp³-hybridized carbons (Fsp3) is 0.875. The number of nitrogens with one attached hydrogen (secondary N) is 1. The molecule has 0 amide bonds. The van der Waals surface area contributed by atoms with Crippen molar-refractivity contribution < 1.29 is 4.52 Å². The molecule has 0 bridgehead atoms. The van der Waals surface area contributed by atoms with E-state index in [1.165, 1.54) is 38.8 Å². The van der Waals surface area contributed by atoms with Crippen LogP contribution in [0.3, 0.4) is 0 Å². The van der Waals surface area contributed by atoms with Gasteiger partial charge in [-0.2, -0.15) is 4.98 Å².